The molecule has 1 aromatic carbocycles. The first-order chi connectivity index (χ1) is 11.4. The van der Waals surface area contributed by atoms with E-state index < -0.39 is 0 Å². The lowest BCUT2D eigenvalue weighted by atomic mass is 9.84. The Bertz CT molecular complexity index is 596. The molecule has 0 radical (unpaired) electrons. The van der Waals surface area contributed by atoms with Crippen LogP contribution in [-0.4, -0.2) is 18.6 Å². The molecule has 1 N–H and O–H groups in total. The number of ether oxygens (including phenoxy) is 1. The summed E-state index contributed by atoms with van der Waals surface area (Å²) in [6, 6.07) is 6.36. The van der Waals surface area contributed by atoms with Crippen LogP contribution in [0.4, 0.5) is 0 Å². The van der Waals surface area contributed by atoms with Crippen LogP contribution < -0.4 is 10.1 Å². The number of amides is 1. The highest BCUT2D eigenvalue weighted by atomic mass is 16.5. The molecule has 2 bridgehead atoms. The minimum Gasteiger partial charge on any atom is -0.484 e. The van der Waals surface area contributed by atoms with E-state index in [4.69, 9.17) is 4.74 Å². The zero-order valence-electron chi connectivity index (χ0n) is 15.5. The number of carbonyl (C=O) groups excluding carboxylic acids is 1. The van der Waals surface area contributed by atoms with Crippen LogP contribution in [0.25, 0.3) is 0 Å². The van der Waals surface area contributed by atoms with Crippen LogP contribution in [0.1, 0.15) is 63.5 Å². The van der Waals surface area contributed by atoms with E-state index in [0.29, 0.717) is 11.8 Å². The van der Waals surface area contributed by atoms with E-state index >= 15 is 0 Å². The number of aryl methyl sites for hydroxylation is 1. The normalized spacial score (nSPS) is 26.6. The van der Waals surface area contributed by atoms with E-state index in [-0.39, 0.29) is 18.6 Å². The van der Waals surface area contributed by atoms with Crippen LogP contribution in [-0.2, 0) is 4.79 Å². The lowest BCUT2D eigenvalue weighted by Gasteiger charge is -2.28. The summed E-state index contributed by atoms with van der Waals surface area (Å²) in [7, 11) is 0. The first-order valence-electron chi connectivity index (χ1n) is 9.46. The number of nitrogens with one attached hydrogen (secondary N) is 1. The topological polar surface area (TPSA) is 38.3 Å². The molecule has 4 atom stereocenters. The second-order valence-corrected chi connectivity index (χ2v) is 8.16. The minimum absolute atomic E-state index is 0.00383. The summed E-state index contributed by atoms with van der Waals surface area (Å²) < 4.78 is 5.70. The van der Waals surface area contributed by atoms with Crippen LogP contribution in [0.2, 0.25) is 0 Å². The van der Waals surface area contributed by atoms with Gasteiger partial charge in [0, 0.05) is 6.04 Å². The van der Waals surface area contributed by atoms with E-state index in [2.05, 4.69) is 39.1 Å². The maximum Gasteiger partial charge on any atom is 0.258 e. The predicted octanol–water partition coefficient (Wildman–Crippen LogP) is 4.44. The summed E-state index contributed by atoms with van der Waals surface area (Å²) in [6.07, 6.45) is 5.43. The molecule has 0 heterocycles. The highest BCUT2D eigenvalue weighted by Crippen LogP contribution is 2.49. The highest BCUT2D eigenvalue weighted by molar-refractivity contribution is 5.77. The van der Waals surface area contributed by atoms with E-state index in [0.717, 1.165) is 17.6 Å². The second kappa shape index (κ2) is 7.16. The largest absolute Gasteiger partial charge is 0.484 e. The molecule has 0 aliphatic heterocycles. The molecule has 3 heteroatoms. The monoisotopic (exact) mass is 329 g/mol. The molecule has 1 aromatic rings. The van der Waals surface area contributed by atoms with E-state index in [9.17, 15) is 4.79 Å². The average molecular weight is 329 g/mol. The van der Waals surface area contributed by atoms with E-state index in [1.807, 2.05) is 12.1 Å². The first-order valence-corrected chi connectivity index (χ1v) is 9.46. The van der Waals surface area contributed by atoms with Gasteiger partial charge in [-0.2, -0.15) is 0 Å². The molecular formula is C21H31NO2. The van der Waals surface area contributed by atoms with Crippen molar-refractivity contribution in [1.82, 2.24) is 5.32 Å². The van der Waals surface area contributed by atoms with Gasteiger partial charge in [-0.1, -0.05) is 26.3 Å². The molecule has 1 amide bonds. The van der Waals surface area contributed by atoms with Gasteiger partial charge in [-0.25, -0.2) is 0 Å². The third-order valence-corrected chi connectivity index (χ3v) is 6.06. The zero-order valence-corrected chi connectivity index (χ0v) is 15.5. The molecule has 132 valence electrons. The number of carbonyl (C=O) groups is 1. The number of fused-ring (bicyclic) bond motifs is 2. The summed E-state index contributed by atoms with van der Waals surface area (Å²) in [5, 5.41) is 3.16. The third-order valence-electron chi connectivity index (χ3n) is 6.06. The van der Waals surface area contributed by atoms with Crippen molar-refractivity contribution in [3.63, 3.8) is 0 Å². The van der Waals surface area contributed by atoms with Gasteiger partial charge in [0.25, 0.3) is 5.91 Å². The van der Waals surface area contributed by atoms with Crippen LogP contribution in [0.5, 0.6) is 5.75 Å². The molecule has 0 spiro atoms. The Morgan fingerprint density at radius 1 is 1.25 bits per heavy atom. The Hall–Kier alpha value is -1.51. The maximum absolute atomic E-state index is 12.2. The summed E-state index contributed by atoms with van der Waals surface area (Å²) >= 11 is 0. The number of hydrogen-bond donors (Lipinski definition) is 1. The van der Waals surface area contributed by atoms with E-state index in [1.165, 1.54) is 36.8 Å². The van der Waals surface area contributed by atoms with Gasteiger partial charge < -0.3 is 10.1 Å². The van der Waals surface area contributed by atoms with Gasteiger partial charge in [-0.15, -0.1) is 0 Å². The summed E-state index contributed by atoms with van der Waals surface area (Å²) in [4.78, 5) is 12.2. The van der Waals surface area contributed by atoms with Crippen molar-refractivity contribution in [2.75, 3.05) is 6.61 Å². The quantitative estimate of drug-likeness (QED) is 0.838. The molecule has 0 aromatic heterocycles. The molecular weight excluding hydrogens is 298 g/mol. The fourth-order valence-electron chi connectivity index (χ4n) is 4.84. The van der Waals surface area contributed by atoms with Crippen molar-refractivity contribution in [3.8, 4) is 5.75 Å². The highest BCUT2D eigenvalue weighted by Gasteiger charge is 2.42. The molecule has 24 heavy (non-hydrogen) atoms. The van der Waals surface area contributed by atoms with Gasteiger partial charge in [0.05, 0.1) is 0 Å². The van der Waals surface area contributed by atoms with Gasteiger partial charge in [-0.05, 0) is 80.0 Å². The minimum atomic E-state index is -0.00383. The summed E-state index contributed by atoms with van der Waals surface area (Å²) in [6.45, 7) is 8.73. The van der Waals surface area contributed by atoms with Crippen LogP contribution in [0.15, 0.2) is 18.2 Å². The lowest BCUT2D eigenvalue weighted by Crippen LogP contribution is -2.42. The lowest BCUT2D eigenvalue weighted by molar-refractivity contribution is -0.124. The van der Waals surface area contributed by atoms with Crippen molar-refractivity contribution in [2.24, 2.45) is 17.8 Å². The second-order valence-electron chi connectivity index (χ2n) is 8.16. The molecule has 3 rings (SSSR count). The Balaban J connectivity index is 1.48. The molecule has 3 nitrogen and oxygen atoms in total. The van der Waals surface area contributed by atoms with Crippen molar-refractivity contribution < 1.29 is 9.53 Å². The zero-order chi connectivity index (χ0) is 17.3. The number of benzene rings is 1. The fourth-order valence-corrected chi connectivity index (χ4v) is 4.84. The van der Waals surface area contributed by atoms with Gasteiger partial charge in [0.1, 0.15) is 5.75 Å². The fraction of sp³-hybridized carbons (Fsp3) is 0.667. The number of rotatable bonds is 6. The summed E-state index contributed by atoms with van der Waals surface area (Å²) in [5.74, 6) is 3.69. The molecule has 2 aliphatic carbocycles. The SMILES string of the molecule is Cc1cc(OCC(=O)N[C@@H](C)[C@@H]2C[C@H]3CC[C@H]2C3)ccc1C(C)C. The van der Waals surface area contributed by atoms with Crippen molar-refractivity contribution in [2.45, 2.75) is 65.3 Å². The molecule has 2 fully saturated rings. The molecule has 2 saturated carbocycles. The third kappa shape index (κ3) is 3.76. The molecule has 0 saturated heterocycles. The van der Waals surface area contributed by atoms with Crippen molar-refractivity contribution in [1.29, 1.82) is 0 Å². The summed E-state index contributed by atoms with van der Waals surface area (Å²) in [5.41, 5.74) is 2.55. The Morgan fingerprint density at radius 2 is 2.04 bits per heavy atom. The molecule has 0 unspecified atom stereocenters. The predicted molar refractivity (Wildman–Crippen MR) is 97.3 cm³/mol. The van der Waals surface area contributed by atoms with Crippen molar-refractivity contribution >= 4 is 5.91 Å². The Kier molecular flexibility index (Phi) is 5.17. The molecule has 2 aliphatic rings. The Morgan fingerprint density at radius 3 is 2.62 bits per heavy atom. The Labute approximate surface area is 146 Å². The van der Waals surface area contributed by atoms with Crippen LogP contribution >= 0.6 is 0 Å². The van der Waals surface area contributed by atoms with Gasteiger partial charge in [0.2, 0.25) is 0 Å². The standard InChI is InChI=1S/C21H31NO2/c1-13(2)19-8-7-18(9-14(19)3)24-12-21(23)22-15(4)20-11-16-5-6-17(20)10-16/h7-9,13,15-17,20H,5-6,10-12H2,1-4H3,(H,22,23)/t15-,16-,17-,20-/m0/s1. The van der Waals surface area contributed by atoms with Crippen molar-refractivity contribution in [3.05, 3.63) is 29.3 Å². The smallest absolute Gasteiger partial charge is 0.258 e. The first kappa shape index (κ1) is 17.3. The average Bonchev–Trinajstić information content (AvgIpc) is 3.15. The van der Waals surface area contributed by atoms with Crippen LogP contribution in [0.3, 0.4) is 0 Å². The van der Waals surface area contributed by atoms with E-state index in [1.54, 1.807) is 0 Å². The van der Waals surface area contributed by atoms with Gasteiger partial charge in [0.15, 0.2) is 6.61 Å². The van der Waals surface area contributed by atoms with Gasteiger partial charge in [-0.3, -0.25) is 4.79 Å². The van der Waals surface area contributed by atoms with Gasteiger partial charge >= 0.3 is 0 Å². The maximum atomic E-state index is 12.2. The number of hydrogen-bond acceptors (Lipinski definition) is 2. The van der Waals surface area contributed by atoms with Crippen LogP contribution in [0, 0.1) is 24.7 Å².